The van der Waals surface area contributed by atoms with Crippen molar-refractivity contribution in [3.05, 3.63) is 35.4 Å². The Labute approximate surface area is 122 Å². The summed E-state index contributed by atoms with van der Waals surface area (Å²) in [6.45, 7) is 7.47. The van der Waals surface area contributed by atoms with Crippen LogP contribution in [0.5, 0.6) is 0 Å². The van der Waals surface area contributed by atoms with E-state index in [1.54, 1.807) is 12.1 Å². The van der Waals surface area contributed by atoms with Crippen LogP contribution in [0.25, 0.3) is 0 Å². The van der Waals surface area contributed by atoms with E-state index in [9.17, 15) is 4.79 Å². The summed E-state index contributed by atoms with van der Waals surface area (Å²) in [4.78, 5) is 10.8. The lowest BCUT2D eigenvalue weighted by atomic mass is 10.1. The molecule has 0 fully saturated rings. The van der Waals surface area contributed by atoms with Crippen molar-refractivity contribution in [2.75, 3.05) is 13.2 Å². The zero-order valence-corrected chi connectivity index (χ0v) is 13.5. The molecule has 0 aliphatic carbocycles. The van der Waals surface area contributed by atoms with Crippen LogP contribution in [0.3, 0.4) is 0 Å². The highest BCUT2D eigenvalue weighted by Gasteiger charge is 2.34. The van der Waals surface area contributed by atoms with Gasteiger partial charge in [-0.25, -0.2) is 4.79 Å². The lowest BCUT2D eigenvalue weighted by molar-refractivity contribution is 0.0697. The molecule has 0 aliphatic heterocycles. The van der Waals surface area contributed by atoms with Crippen molar-refractivity contribution in [2.24, 2.45) is 0 Å². The summed E-state index contributed by atoms with van der Waals surface area (Å²) in [6.07, 6.45) is 0.861. The molecule has 0 amide bonds. The third-order valence-corrected chi connectivity index (χ3v) is 7.07. The Morgan fingerprint density at radius 3 is 2.05 bits per heavy atom. The highest BCUT2D eigenvalue weighted by molar-refractivity contribution is 6.67. The van der Waals surface area contributed by atoms with Crippen molar-refractivity contribution in [1.82, 2.24) is 0 Å². The lowest BCUT2D eigenvalue weighted by Crippen LogP contribution is -2.42. The number of aryl methyl sites for hydroxylation is 1. The number of carboxylic acids is 1. The van der Waals surface area contributed by atoms with E-state index in [2.05, 4.69) is 6.92 Å². The third-order valence-electron chi connectivity index (χ3n) is 3.35. The van der Waals surface area contributed by atoms with E-state index in [1.165, 1.54) is 0 Å². The molecular weight excluding hydrogens is 272 g/mol. The van der Waals surface area contributed by atoms with E-state index >= 15 is 0 Å². The van der Waals surface area contributed by atoms with Gasteiger partial charge in [0.1, 0.15) is 0 Å². The van der Waals surface area contributed by atoms with Gasteiger partial charge in [-0.3, -0.25) is 0 Å². The van der Waals surface area contributed by atoms with Crippen LogP contribution in [-0.2, 0) is 15.3 Å². The molecular formula is C15H24O4Si. The Morgan fingerprint density at radius 2 is 1.65 bits per heavy atom. The summed E-state index contributed by atoms with van der Waals surface area (Å²) >= 11 is 0. The fourth-order valence-electron chi connectivity index (χ4n) is 2.24. The fraction of sp³-hybridized carbons (Fsp3) is 0.533. The molecule has 1 N–H and O–H groups in total. The maximum Gasteiger partial charge on any atom is 0.338 e. The smallest absolute Gasteiger partial charge is 0.338 e. The Hall–Kier alpha value is -1.17. The van der Waals surface area contributed by atoms with E-state index in [-0.39, 0.29) is 0 Å². The Bertz CT molecular complexity index is 410. The minimum atomic E-state index is -2.10. The first-order valence-electron chi connectivity index (χ1n) is 7.17. The van der Waals surface area contributed by atoms with Crippen LogP contribution in [-0.4, -0.2) is 32.9 Å². The molecule has 4 nitrogen and oxygen atoms in total. The van der Waals surface area contributed by atoms with Crippen LogP contribution >= 0.6 is 0 Å². The molecule has 112 valence electrons. The molecule has 5 heteroatoms. The molecule has 1 aromatic carbocycles. The molecule has 1 aromatic rings. The fourth-order valence-corrected chi connectivity index (χ4v) is 5.10. The predicted octanol–water partition coefficient (Wildman–Crippen LogP) is 3.46. The van der Waals surface area contributed by atoms with Crippen molar-refractivity contribution in [1.29, 1.82) is 0 Å². The molecule has 0 spiro atoms. The van der Waals surface area contributed by atoms with Crippen LogP contribution in [0, 0.1) is 0 Å². The summed E-state index contributed by atoms with van der Waals surface area (Å²) < 4.78 is 11.9. The zero-order valence-electron chi connectivity index (χ0n) is 12.5. The second kappa shape index (κ2) is 8.19. The van der Waals surface area contributed by atoms with Crippen molar-refractivity contribution >= 4 is 14.5 Å². The molecule has 0 radical (unpaired) electrons. The molecule has 1 rings (SSSR count). The molecule has 0 bridgehead atoms. The standard InChI is InChI=1S/C15H24O4Si/c1-4-18-20(6-3,19-5-2)12-11-13-7-9-14(10-8-13)15(16)17/h7-10H,4-6,11-12H2,1-3H3,(H,16,17). The Balaban J connectivity index is 2.68. The van der Waals surface area contributed by atoms with Crippen LogP contribution in [0.4, 0.5) is 0 Å². The minimum Gasteiger partial charge on any atom is -0.478 e. The van der Waals surface area contributed by atoms with Crippen LogP contribution < -0.4 is 0 Å². The second-order valence-corrected chi connectivity index (χ2v) is 8.24. The van der Waals surface area contributed by atoms with E-state index in [4.69, 9.17) is 14.0 Å². The van der Waals surface area contributed by atoms with Gasteiger partial charge in [-0.2, -0.15) is 0 Å². The summed E-state index contributed by atoms with van der Waals surface area (Å²) in [5.41, 5.74) is 1.45. The average molecular weight is 296 g/mol. The molecule has 0 atom stereocenters. The van der Waals surface area contributed by atoms with Gasteiger partial charge < -0.3 is 14.0 Å². The van der Waals surface area contributed by atoms with Gasteiger partial charge in [0.05, 0.1) is 5.56 Å². The first-order chi connectivity index (χ1) is 9.56. The number of carboxylic acid groups (broad SMARTS) is 1. The van der Waals surface area contributed by atoms with E-state index in [1.807, 2.05) is 26.0 Å². The predicted molar refractivity (Wildman–Crippen MR) is 81.4 cm³/mol. The molecule has 20 heavy (non-hydrogen) atoms. The largest absolute Gasteiger partial charge is 0.478 e. The first kappa shape index (κ1) is 16.9. The Kier molecular flexibility index (Phi) is 6.91. The lowest BCUT2D eigenvalue weighted by Gasteiger charge is -2.29. The summed E-state index contributed by atoms with van der Waals surface area (Å²) in [6, 6.07) is 8.87. The summed E-state index contributed by atoms with van der Waals surface area (Å²) in [7, 11) is -2.10. The number of rotatable bonds is 9. The van der Waals surface area contributed by atoms with Gasteiger partial charge in [-0.15, -0.1) is 0 Å². The third kappa shape index (κ3) is 4.74. The highest BCUT2D eigenvalue weighted by Crippen LogP contribution is 2.22. The topological polar surface area (TPSA) is 55.8 Å². The number of aromatic carboxylic acids is 1. The maximum atomic E-state index is 10.8. The van der Waals surface area contributed by atoms with Gasteiger partial charge in [0.15, 0.2) is 0 Å². The molecule has 0 unspecified atom stereocenters. The van der Waals surface area contributed by atoms with Crippen LogP contribution in [0.1, 0.15) is 36.7 Å². The monoisotopic (exact) mass is 296 g/mol. The number of benzene rings is 1. The van der Waals surface area contributed by atoms with E-state index < -0.39 is 14.5 Å². The van der Waals surface area contributed by atoms with Crippen molar-refractivity contribution in [3.8, 4) is 0 Å². The molecule has 0 saturated heterocycles. The van der Waals surface area contributed by atoms with Gasteiger partial charge in [0.25, 0.3) is 0 Å². The first-order valence-corrected chi connectivity index (χ1v) is 9.40. The minimum absolute atomic E-state index is 0.322. The molecule has 0 aromatic heterocycles. The maximum absolute atomic E-state index is 10.8. The van der Waals surface area contributed by atoms with Crippen molar-refractivity contribution < 1.29 is 18.8 Å². The Morgan fingerprint density at radius 1 is 1.10 bits per heavy atom. The van der Waals surface area contributed by atoms with Gasteiger partial charge in [-0.1, -0.05) is 19.1 Å². The van der Waals surface area contributed by atoms with Crippen LogP contribution in [0.15, 0.2) is 24.3 Å². The molecule has 0 aliphatic rings. The quantitative estimate of drug-likeness (QED) is 0.709. The second-order valence-electron chi connectivity index (χ2n) is 4.63. The summed E-state index contributed by atoms with van der Waals surface area (Å²) in [5.74, 6) is -0.891. The number of hydrogen-bond donors (Lipinski definition) is 1. The number of carbonyl (C=O) groups is 1. The van der Waals surface area contributed by atoms with Crippen molar-refractivity contribution in [2.45, 2.75) is 39.3 Å². The highest BCUT2D eigenvalue weighted by atomic mass is 28.4. The van der Waals surface area contributed by atoms with Crippen molar-refractivity contribution in [3.63, 3.8) is 0 Å². The van der Waals surface area contributed by atoms with Gasteiger partial charge in [0, 0.05) is 13.2 Å². The van der Waals surface area contributed by atoms with Gasteiger partial charge in [0.2, 0.25) is 0 Å². The normalized spacial score (nSPS) is 11.6. The SMILES string of the molecule is CCO[Si](CC)(CCc1ccc(C(=O)O)cc1)OCC. The van der Waals surface area contributed by atoms with Crippen LogP contribution in [0.2, 0.25) is 12.1 Å². The zero-order chi connectivity index (χ0) is 15.0. The molecule has 0 heterocycles. The average Bonchev–Trinajstić information content (AvgIpc) is 2.45. The molecule has 0 saturated carbocycles. The van der Waals surface area contributed by atoms with Gasteiger partial charge >= 0.3 is 14.5 Å². The number of hydrogen-bond acceptors (Lipinski definition) is 3. The van der Waals surface area contributed by atoms with E-state index in [0.717, 1.165) is 24.1 Å². The van der Waals surface area contributed by atoms with E-state index in [0.29, 0.717) is 18.8 Å². The van der Waals surface area contributed by atoms with Gasteiger partial charge in [-0.05, 0) is 50.1 Å². The summed E-state index contributed by atoms with van der Waals surface area (Å²) in [5, 5.41) is 8.88.